The molecule has 0 saturated carbocycles. The monoisotopic (exact) mass is 448 g/mol. The molecule has 6 rings (SSSR count). The molecule has 8 nitrogen and oxygen atoms in total. The number of morpholine rings is 1. The van der Waals surface area contributed by atoms with Crippen LogP contribution in [0, 0.1) is 0 Å². The second-order valence-electron chi connectivity index (χ2n) is 8.48. The average Bonchev–Trinajstić information content (AvgIpc) is 3.42. The number of ether oxygens (including phenoxy) is 4. The van der Waals surface area contributed by atoms with Crippen LogP contribution in [0.4, 0.5) is 0 Å². The quantitative estimate of drug-likeness (QED) is 0.464. The van der Waals surface area contributed by atoms with Gasteiger partial charge in [-0.2, -0.15) is 0 Å². The molecule has 0 amide bonds. The number of pyridine rings is 1. The van der Waals surface area contributed by atoms with Crippen molar-refractivity contribution < 1.29 is 23.7 Å². The van der Waals surface area contributed by atoms with Crippen molar-refractivity contribution >= 4 is 16.6 Å². The molecule has 3 aliphatic rings. The maximum Gasteiger partial charge on any atom is 0.259 e. The number of methoxy groups -OCH3 is 1. The highest BCUT2D eigenvalue weighted by Gasteiger charge is 2.35. The summed E-state index contributed by atoms with van der Waals surface area (Å²) in [5.74, 6) is 1.64. The first-order valence-corrected chi connectivity index (χ1v) is 11.2. The van der Waals surface area contributed by atoms with E-state index in [0.717, 1.165) is 44.8 Å². The molecule has 8 heteroatoms. The normalized spacial score (nSPS) is 16.8. The molecule has 170 valence electrons. The van der Waals surface area contributed by atoms with E-state index < -0.39 is 0 Å². The molecule has 1 aromatic heterocycles. The van der Waals surface area contributed by atoms with E-state index in [1.165, 1.54) is 0 Å². The summed E-state index contributed by atoms with van der Waals surface area (Å²) in [6.45, 7) is 4.76. The zero-order valence-electron chi connectivity index (χ0n) is 18.4. The fraction of sp³-hybridized carbons (Fsp3) is 0.360. The summed E-state index contributed by atoms with van der Waals surface area (Å²) in [5, 5.41) is 1.13. The van der Waals surface area contributed by atoms with Gasteiger partial charge in [0.15, 0.2) is 17.3 Å². The summed E-state index contributed by atoms with van der Waals surface area (Å²) in [7, 11) is 1.57. The van der Waals surface area contributed by atoms with Gasteiger partial charge >= 0.3 is 0 Å². The van der Waals surface area contributed by atoms with Crippen LogP contribution in [0.25, 0.3) is 22.0 Å². The SMILES string of the molecule is COc1ccc2c3c(n(CCCN4CCOCC4)c(=O)c2c1)-c1cc2c(cc1C3=O)OCO2. The van der Waals surface area contributed by atoms with E-state index in [1.807, 2.05) is 6.07 Å². The molecule has 3 heterocycles. The van der Waals surface area contributed by atoms with Crippen molar-refractivity contribution in [2.24, 2.45) is 0 Å². The number of aromatic nitrogens is 1. The van der Waals surface area contributed by atoms with Crippen molar-refractivity contribution in [2.75, 3.05) is 46.8 Å². The molecule has 0 spiro atoms. The molecule has 1 aliphatic carbocycles. The first-order valence-electron chi connectivity index (χ1n) is 11.2. The van der Waals surface area contributed by atoms with Gasteiger partial charge in [-0.15, -0.1) is 0 Å². The van der Waals surface area contributed by atoms with Gasteiger partial charge in [0.1, 0.15) is 5.75 Å². The van der Waals surface area contributed by atoms with E-state index in [-0.39, 0.29) is 18.1 Å². The molecule has 2 aliphatic heterocycles. The lowest BCUT2D eigenvalue weighted by Gasteiger charge is -2.26. The highest BCUT2D eigenvalue weighted by molar-refractivity contribution is 6.27. The molecule has 0 atom stereocenters. The average molecular weight is 448 g/mol. The topological polar surface area (TPSA) is 79.2 Å². The van der Waals surface area contributed by atoms with Crippen molar-refractivity contribution in [1.82, 2.24) is 9.47 Å². The van der Waals surface area contributed by atoms with Crippen LogP contribution in [-0.2, 0) is 11.3 Å². The second-order valence-corrected chi connectivity index (χ2v) is 8.48. The van der Waals surface area contributed by atoms with E-state index in [1.54, 1.807) is 35.9 Å². The van der Waals surface area contributed by atoms with Crippen molar-refractivity contribution in [3.8, 4) is 28.5 Å². The molecule has 1 saturated heterocycles. The maximum atomic E-state index is 13.7. The zero-order valence-corrected chi connectivity index (χ0v) is 18.4. The third-order valence-corrected chi connectivity index (χ3v) is 6.68. The van der Waals surface area contributed by atoms with Crippen LogP contribution in [0.1, 0.15) is 22.3 Å². The molecule has 0 bridgehead atoms. The molecular formula is C25H24N2O6. The Morgan fingerprint density at radius 3 is 2.45 bits per heavy atom. The van der Waals surface area contributed by atoms with Crippen LogP contribution < -0.4 is 19.8 Å². The van der Waals surface area contributed by atoms with E-state index in [0.29, 0.717) is 51.4 Å². The van der Waals surface area contributed by atoms with Crippen LogP contribution in [0.2, 0.25) is 0 Å². The summed E-state index contributed by atoms with van der Waals surface area (Å²) in [4.78, 5) is 29.6. The largest absolute Gasteiger partial charge is 0.497 e. The predicted octanol–water partition coefficient (Wildman–Crippen LogP) is 2.67. The summed E-state index contributed by atoms with van der Waals surface area (Å²) >= 11 is 0. The van der Waals surface area contributed by atoms with Crippen molar-refractivity contribution in [1.29, 1.82) is 0 Å². The first-order chi connectivity index (χ1) is 16.2. The van der Waals surface area contributed by atoms with Gasteiger partial charge in [-0.05, 0) is 36.8 Å². The summed E-state index contributed by atoms with van der Waals surface area (Å²) in [6.07, 6.45) is 0.788. The Labute approximate surface area is 190 Å². The number of fused-ring (bicyclic) bond motifs is 6. The van der Waals surface area contributed by atoms with E-state index in [9.17, 15) is 9.59 Å². The molecule has 0 unspecified atom stereocenters. The van der Waals surface area contributed by atoms with Crippen LogP contribution >= 0.6 is 0 Å². The van der Waals surface area contributed by atoms with Gasteiger partial charge in [0.25, 0.3) is 5.56 Å². The van der Waals surface area contributed by atoms with Gasteiger partial charge < -0.3 is 23.5 Å². The minimum Gasteiger partial charge on any atom is -0.497 e. The smallest absolute Gasteiger partial charge is 0.259 e. The third kappa shape index (κ3) is 3.20. The number of nitrogens with zero attached hydrogens (tertiary/aromatic N) is 2. The Hall–Kier alpha value is -3.36. The molecule has 0 radical (unpaired) electrons. The molecule has 3 aromatic rings. The fourth-order valence-corrected chi connectivity index (χ4v) is 5.02. The number of benzene rings is 2. The van der Waals surface area contributed by atoms with Crippen molar-refractivity contribution in [2.45, 2.75) is 13.0 Å². The summed E-state index contributed by atoms with van der Waals surface area (Å²) in [6, 6.07) is 8.87. The number of hydrogen-bond acceptors (Lipinski definition) is 7. The molecule has 2 aromatic carbocycles. The first kappa shape index (κ1) is 20.3. The molecular weight excluding hydrogens is 424 g/mol. The van der Waals surface area contributed by atoms with E-state index in [2.05, 4.69) is 4.90 Å². The lowest BCUT2D eigenvalue weighted by Crippen LogP contribution is -2.37. The Bertz CT molecular complexity index is 1340. The molecule has 33 heavy (non-hydrogen) atoms. The Kier molecular flexibility index (Phi) is 4.85. The minimum atomic E-state index is -0.122. The summed E-state index contributed by atoms with van der Waals surface area (Å²) in [5.41, 5.74) is 2.36. The van der Waals surface area contributed by atoms with Crippen LogP contribution in [0.3, 0.4) is 0 Å². The number of hydrogen-bond donors (Lipinski definition) is 0. The number of ketones is 1. The number of rotatable bonds is 5. The highest BCUT2D eigenvalue weighted by Crippen LogP contribution is 2.46. The van der Waals surface area contributed by atoms with Gasteiger partial charge in [-0.25, -0.2) is 0 Å². The van der Waals surface area contributed by atoms with Gasteiger partial charge in [-0.3, -0.25) is 14.5 Å². The van der Waals surface area contributed by atoms with Crippen molar-refractivity contribution in [3.05, 3.63) is 51.8 Å². The van der Waals surface area contributed by atoms with Gasteiger partial charge in [0.2, 0.25) is 6.79 Å². The predicted molar refractivity (Wildman–Crippen MR) is 122 cm³/mol. The number of carbonyl (C=O) groups excluding carboxylic acids is 1. The second kappa shape index (κ2) is 7.90. The van der Waals surface area contributed by atoms with Crippen molar-refractivity contribution in [3.63, 3.8) is 0 Å². The fourth-order valence-electron chi connectivity index (χ4n) is 5.02. The Morgan fingerprint density at radius 2 is 1.70 bits per heavy atom. The Balaban J connectivity index is 1.50. The standard InChI is InChI=1S/C25H24N2O6/c1-30-15-3-4-16-19(11-15)25(29)27(6-2-5-26-7-9-31-10-8-26)23-17-12-20-21(33-14-32-20)13-18(17)24(28)22(16)23/h3-4,11-13H,2,5-10,14H2,1H3. The molecule has 0 N–H and O–H groups in total. The third-order valence-electron chi connectivity index (χ3n) is 6.68. The lowest BCUT2D eigenvalue weighted by molar-refractivity contribution is 0.0369. The Morgan fingerprint density at radius 1 is 0.939 bits per heavy atom. The minimum absolute atomic E-state index is 0.101. The highest BCUT2D eigenvalue weighted by atomic mass is 16.7. The van der Waals surface area contributed by atoms with Gasteiger partial charge in [-0.1, -0.05) is 0 Å². The van der Waals surface area contributed by atoms with E-state index >= 15 is 0 Å². The van der Waals surface area contributed by atoms with Gasteiger partial charge in [0.05, 0.1) is 37.0 Å². The van der Waals surface area contributed by atoms with Crippen LogP contribution in [0.15, 0.2) is 35.1 Å². The van der Waals surface area contributed by atoms with Crippen LogP contribution in [-0.4, -0.2) is 62.0 Å². The maximum absolute atomic E-state index is 13.7. The lowest BCUT2D eigenvalue weighted by atomic mass is 10.0. The molecule has 1 fully saturated rings. The number of carbonyl (C=O) groups is 1. The zero-order chi connectivity index (χ0) is 22.5. The van der Waals surface area contributed by atoms with Crippen LogP contribution in [0.5, 0.6) is 17.2 Å². The summed E-state index contributed by atoms with van der Waals surface area (Å²) < 4.78 is 23.6. The van der Waals surface area contributed by atoms with Gasteiger partial charge in [0, 0.05) is 42.7 Å². The van der Waals surface area contributed by atoms with E-state index in [4.69, 9.17) is 18.9 Å².